The molecular formula is C16H16N2O2. The number of benzene rings is 2. The van der Waals surface area contributed by atoms with Gasteiger partial charge in [-0.2, -0.15) is 0 Å². The number of nitrogens with zero attached hydrogens (tertiary/aromatic N) is 1. The molecule has 0 radical (unpaired) electrons. The molecule has 0 fully saturated rings. The Labute approximate surface area is 117 Å². The molecule has 1 aliphatic rings. The fourth-order valence-electron chi connectivity index (χ4n) is 2.66. The van der Waals surface area contributed by atoms with Crippen molar-refractivity contribution in [2.24, 2.45) is 0 Å². The summed E-state index contributed by atoms with van der Waals surface area (Å²) in [5.41, 5.74) is 1.29. The second-order valence-electron chi connectivity index (χ2n) is 4.92. The van der Waals surface area contributed by atoms with Crippen LogP contribution < -0.4 is 5.32 Å². The van der Waals surface area contributed by atoms with Crippen molar-refractivity contribution in [3.63, 3.8) is 0 Å². The number of anilines is 1. The fraction of sp³-hybridized carbons (Fsp3) is 0.188. The number of hydrogen-bond donors (Lipinski definition) is 2. The van der Waals surface area contributed by atoms with Crippen molar-refractivity contribution < 1.29 is 9.90 Å². The normalized spacial score (nSPS) is 21.3. The third kappa shape index (κ3) is 1.69. The molecule has 4 heteroatoms. The van der Waals surface area contributed by atoms with E-state index in [0.29, 0.717) is 5.56 Å². The van der Waals surface area contributed by atoms with Gasteiger partial charge in [0.15, 0.2) is 5.66 Å². The van der Waals surface area contributed by atoms with E-state index in [9.17, 15) is 9.90 Å². The minimum absolute atomic E-state index is 0.0998. The van der Waals surface area contributed by atoms with E-state index >= 15 is 0 Å². The maximum Gasteiger partial charge on any atom is 0.257 e. The summed E-state index contributed by atoms with van der Waals surface area (Å²) in [6.07, 6.45) is 0. The number of carbonyl (C=O) groups excluding carboxylic acids is 1. The van der Waals surface area contributed by atoms with Crippen molar-refractivity contribution in [3.8, 4) is 0 Å². The zero-order valence-corrected chi connectivity index (χ0v) is 11.2. The van der Waals surface area contributed by atoms with Crippen molar-refractivity contribution in [2.75, 3.05) is 19.0 Å². The maximum atomic E-state index is 12.5. The van der Waals surface area contributed by atoms with Gasteiger partial charge in [0.05, 0.1) is 12.2 Å². The molecule has 4 nitrogen and oxygen atoms in total. The maximum absolute atomic E-state index is 12.5. The van der Waals surface area contributed by atoms with E-state index < -0.39 is 5.66 Å². The zero-order valence-electron chi connectivity index (χ0n) is 11.2. The Kier molecular flexibility index (Phi) is 2.95. The average molecular weight is 268 g/mol. The summed E-state index contributed by atoms with van der Waals surface area (Å²) in [5, 5.41) is 13.3. The molecule has 1 amide bonds. The number of aliphatic hydroxyl groups is 1. The zero-order chi connectivity index (χ0) is 14.2. The highest BCUT2D eigenvalue weighted by atomic mass is 16.3. The van der Waals surface area contributed by atoms with Gasteiger partial charge >= 0.3 is 0 Å². The smallest absolute Gasteiger partial charge is 0.257 e. The van der Waals surface area contributed by atoms with Crippen LogP contribution in [0.1, 0.15) is 15.9 Å². The standard InChI is InChI=1S/C16H16N2O2/c1-18-15(20)13-9-5-6-10-14(13)17-16(18,11-19)12-7-3-2-4-8-12/h2-10,17,19H,11H2,1H3. The highest BCUT2D eigenvalue weighted by Gasteiger charge is 2.43. The van der Waals surface area contributed by atoms with Crippen molar-refractivity contribution in [1.82, 2.24) is 4.90 Å². The molecule has 20 heavy (non-hydrogen) atoms. The number of nitrogens with one attached hydrogen (secondary N) is 1. The van der Waals surface area contributed by atoms with Crippen molar-refractivity contribution in [1.29, 1.82) is 0 Å². The largest absolute Gasteiger partial charge is 0.392 e. The Bertz CT molecular complexity index is 642. The van der Waals surface area contributed by atoms with E-state index in [1.165, 1.54) is 0 Å². The molecule has 0 saturated carbocycles. The van der Waals surface area contributed by atoms with Crippen LogP contribution in [0.25, 0.3) is 0 Å². The summed E-state index contributed by atoms with van der Waals surface area (Å²) < 4.78 is 0. The lowest BCUT2D eigenvalue weighted by atomic mass is 9.93. The number of amides is 1. The predicted octanol–water partition coefficient (Wildman–Crippen LogP) is 2.03. The first-order chi connectivity index (χ1) is 9.69. The van der Waals surface area contributed by atoms with Gasteiger partial charge in [-0.25, -0.2) is 0 Å². The van der Waals surface area contributed by atoms with Gasteiger partial charge in [-0.1, -0.05) is 42.5 Å². The third-order valence-electron chi connectivity index (χ3n) is 3.86. The summed E-state index contributed by atoms with van der Waals surface area (Å²) in [4.78, 5) is 14.1. The molecular weight excluding hydrogens is 252 g/mol. The number of hydrogen-bond acceptors (Lipinski definition) is 3. The van der Waals surface area contributed by atoms with Gasteiger partial charge in [0, 0.05) is 18.3 Å². The van der Waals surface area contributed by atoms with Gasteiger partial charge in [0.1, 0.15) is 0 Å². The van der Waals surface area contributed by atoms with Gasteiger partial charge in [-0.3, -0.25) is 4.79 Å². The lowest BCUT2D eigenvalue weighted by Gasteiger charge is -2.46. The lowest BCUT2D eigenvalue weighted by molar-refractivity contribution is 0.0401. The highest BCUT2D eigenvalue weighted by molar-refractivity contribution is 6.02. The first-order valence-corrected chi connectivity index (χ1v) is 6.51. The lowest BCUT2D eigenvalue weighted by Crippen LogP contribution is -2.58. The van der Waals surface area contributed by atoms with Crippen molar-refractivity contribution in [2.45, 2.75) is 5.66 Å². The molecule has 2 aromatic carbocycles. The predicted molar refractivity (Wildman–Crippen MR) is 77.4 cm³/mol. The van der Waals surface area contributed by atoms with Crippen LogP contribution in [0.2, 0.25) is 0 Å². The van der Waals surface area contributed by atoms with Crippen LogP contribution in [0.5, 0.6) is 0 Å². The van der Waals surface area contributed by atoms with Crippen LogP contribution in [0, 0.1) is 0 Å². The number of fused-ring (bicyclic) bond motifs is 1. The number of rotatable bonds is 2. The summed E-state index contributed by atoms with van der Waals surface area (Å²) in [6.45, 7) is -0.201. The Hall–Kier alpha value is -2.33. The fourth-order valence-corrected chi connectivity index (χ4v) is 2.66. The van der Waals surface area contributed by atoms with Gasteiger partial charge in [-0.05, 0) is 12.1 Å². The second-order valence-corrected chi connectivity index (χ2v) is 4.92. The number of carbonyl (C=O) groups is 1. The Morgan fingerprint density at radius 2 is 1.75 bits per heavy atom. The molecule has 3 rings (SSSR count). The molecule has 102 valence electrons. The van der Waals surface area contributed by atoms with Crippen molar-refractivity contribution >= 4 is 11.6 Å². The number of aliphatic hydroxyl groups excluding tert-OH is 1. The molecule has 0 saturated heterocycles. The number of para-hydroxylation sites is 1. The van der Waals surface area contributed by atoms with Crippen LogP contribution in [0.3, 0.4) is 0 Å². The van der Waals surface area contributed by atoms with Crippen molar-refractivity contribution in [3.05, 3.63) is 65.7 Å². The Morgan fingerprint density at radius 1 is 1.10 bits per heavy atom. The van der Waals surface area contributed by atoms with Crippen LogP contribution in [-0.4, -0.2) is 29.6 Å². The number of likely N-dealkylation sites (N-methyl/N-ethyl adjacent to an activating group) is 1. The van der Waals surface area contributed by atoms with E-state index in [2.05, 4.69) is 5.32 Å². The SMILES string of the molecule is CN1C(=O)c2ccccc2NC1(CO)c1ccccc1. The third-order valence-corrected chi connectivity index (χ3v) is 3.86. The van der Waals surface area contributed by atoms with Gasteiger partial charge in [-0.15, -0.1) is 0 Å². The second kappa shape index (κ2) is 4.65. The molecule has 1 unspecified atom stereocenters. The summed E-state index contributed by atoms with van der Waals surface area (Å²) in [7, 11) is 1.70. The van der Waals surface area contributed by atoms with Crippen LogP contribution >= 0.6 is 0 Å². The highest BCUT2D eigenvalue weighted by Crippen LogP contribution is 2.36. The topological polar surface area (TPSA) is 52.6 Å². The Morgan fingerprint density at radius 3 is 2.45 bits per heavy atom. The molecule has 0 bridgehead atoms. The van der Waals surface area contributed by atoms with Gasteiger partial charge < -0.3 is 15.3 Å². The van der Waals surface area contributed by atoms with E-state index in [4.69, 9.17) is 0 Å². The monoisotopic (exact) mass is 268 g/mol. The van der Waals surface area contributed by atoms with E-state index in [-0.39, 0.29) is 12.5 Å². The summed E-state index contributed by atoms with van der Waals surface area (Å²) >= 11 is 0. The minimum Gasteiger partial charge on any atom is -0.392 e. The summed E-state index contributed by atoms with van der Waals surface area (Å²) in [6, 6.07) is 16.9. The molecule has 0 spiro atoms. The van der Waals surface area contributed by atoms with E-state index in [0.717, 1.165) is 11.3 Å². The average Bonchev–Trinajstić information content (AvgIpc) is 2.52. The molecule has 2 aromatic rings. The summed E-state index contributed by atoms with van der Waals surface area (Å²) in [5.74, 6) is -0.0998. The van der Waals surface area contributed by atoms with Gasteiger partial charge in [0.2, 0.25) is 0 Å². The van der Waals surface area contributed by atoms with E-state index in [1.54, 1.807) is 18.0 Å². The molecule has 1 heterocycles. The molecule has 0 aliphatic carbocycles. The first-order valence-electron chi connectivity index (χ1n) is 6.51. The molecule has 0 aromatic heterocycles. The van der Waals surface area contributed by atoms with Crippen LogP contribution in [-0.2, 0) is 5.66 Å². The quantitative estimate of drug-likeness (QED) is 0.876. The van der Waals surface area contributed by atoms with Crippen LogP contribution in [0.15, 0.2) is 54.6 Å². The van der Waals surface area contributed by atoms with E-state index in [1.807, 2.05) is 48.5 Å². The van der Waals surface area contributed by atoms with Crippen LogP contribution in [0.4, 0.5) is 5.69 Å². The molecule has 1 atom stereocenters. The molecule has 1 aliphatic heterocycles. The minimum atomic E-state index is -0.924. The first kappa shape index (κ1) is 12.7. The van der Waals surface area contributed by atoms with Gasteiger partial charge in [0.25, 0.3) is 5.91 Å². The molecule has 2 N–H and O–H groups in total. The Balaban J connectivity index is 2.17.